The predicted octanol–water partition coefficient (Wildman–Crippen LogP) is 3.43. The number of benzene rings is 2. The Labute approximate surface area is 146 Å². The third-order valence-electron chi connectivity index (χ3n) is 4.25. The molecule has 25 heavy (non-hydrogen) atoms. The van der Waals surface area contributed by atoms with E-state index in [-0.39, 0.29) is 18.8 Å². The van der Waals surface area contributed by atoms with Crippen LogP contribution in [0.2, 0.25) is 0 Å². The Balaban J connectivity index is 1.47. The van der Waals surface area contributed by atoms with Crippen LogP contribution in [0.25, 0.3) is 0 Å². The molecule has 1 N–H and O–H groups in total. The summed E-state index contributed by atoms with van der Waals surface area (Å²) in [6, 6.07) is 11.5. The Morgan fingerprint density at radius 1 is 1.00 bits per heavy atom. The molecule has 0 radical (unpaired) electrons. The minimum absolute atomic E-state index is 0.150. The number of hydrogen-bond acceptors (Lipinski definition) is 3. The van der Waals surface area contributed by atoms with E-state index in [1.165, 1.54) is 48.2 Å². The van der Waals surface area contributed by atoms with Crippen LogP contribution < -0.4 is 5.32 Å². The van der Waals surface area contributed by atoms with E-state index in [4.69, 9.17) is 4.74 Å². The van der Waals surface area contributed by atoms with Crippen molar-refractivity contribution in [2.75, 3.05) is 11.9 Å². The van der Waals surface area contributed by atoms with E-state index in [0.29, 0.717) is 5.69 Å². The van der Waals surface area contributed by atoms with Crippen LogP contribution in [0.1, 0.15) is 29.5 Å². The Kier molecular flexibility index (Phi) is 5.43. The number of fused-ring (bicyclic) bond motifs is 1. The van der Waals surface area contributed by atoms with Crippen molar-refractivity contribution in [1.82, 2.24) is 0 Å². The van der Waals surface area contributed by atoms with E-state index >= 15 is 0 Å². The number of nitrogens with one attached hydrogen (secondary N) is 1. The molecule has 1 aliphatic carbocycles. The van der Waals surface area contributed by atoms with Gasteiger partial charge in [0.1, 0.15) is 5.82 Å². The van der Waals surface area contributed by atoms with Gasteiger partial charge in [0.25, 0.3) is 5.91 Å². The molecule has 5 heteroatoms. The number of anilines is 1. The van der Waals surface area contributed by atoms with Crippen molar-refractivity contribution < 1.29 is 18.7 Å². The van der Waals surface area contributed by atoms with E-state index in [9.17, 15) is 14.0 Å². The largest absolute Gasteiger partial charge is 0.455 e. The Morgan fingerprint density at radius 3 is 2.48 bits per heavy atom. The topological polar surface area (TPSA) is 55.4 Å². The number of halogens is 1. The van der Waals surface area contributed by atoms with Crippen LogP contribution in [0, 0.1) is 5.82 Å². The summed E-state index contributed by atoms with van der Waals surface area (Å²) in [7, 11) is 0. The summed E-state index contributed by atoms with van der Waals surface area (Å²) in [4.78, 5) is 23.7. The SMILES string of the molecule is O=C(COC(=O)Cc1ccc2c(c1)CCCC2)Nc1ccc(F)cc1. The maximum atomic E-state index is 12.8. The van der Waals surface area contributed by atoms with Gasteiger partial charge in [-0.2, -0.15) is 0 Å². The molecule has 1 amide bonds. The number of amides is 1. The number of esters is 1. The van der Waals surface area contributed by atoms with Gasteiger partial charge in [0, 0.05) is 5.69 Å². The molecular formula is C20H20FNO3. The Bertz CT molecular complexity index is 771. The molecule has 0 spiro atoms. The van der Waals surface area contributed by atoms with E-state index in [0.717, 1.165) is 18.4 Å². The second-order valence-corrected chi connectivity index (χ2v) is 6.20. The average Bonchev–Trinajstić information content (AvgIpc) is 2.62. The molecule has 0 unspecified atom stereocenters. The monoisotopic (exact) mass is 341 g/mol. The van der Waals surface area contributed by atoms with Gasteiger partial charge in [0.15, 0.2) is 6.61 Å². The predicted molar refractivity (Wildman–Crippen MR) is 92.8 cm³/mol. The summed E-state index contributed by atoms with van der Waals surface area (Å²) >= 11 is 0. The molecule has 0 aromatic heterocycles. The summed E-state index contributed by atoms with van der Waals surface area (Å²) in [5, 5.41) is 2.55. The number of hydrogen-bond donors (Lipinski definition) is 1. The molecule has 2 aromatic carbocycles. The molecule has 0 aliphatic heterocycles. The van der Waals surface area contributed by atoms with Gasteiger partial charge in [-0.05, 0) is 66.6 Å². The van der Waals surface area contributed by atoms with Gasteiger partial charge in [-0.15, -0.1) is 0 Å². The molecular weight excluding hydrogens is 321 g/mol. The third-order valence-corrected chi connectivity index (χ3v) is 4.25. The van der Waals surface area contributed by atoms with Crippen molar-refractivity contribution in [2.24, 2.45) is 0 Å². The molecule has 0 fully saturated rings. The zero-order valence-electron chi connectivity index (χ0n) is 13.9. The zero-order valence-corrected chi connectivity index (χ0v) is 13.9. The second kappa shape index (κ2) is 7.92. The summed E-state index contributed by atoms with van der Waals surface area (Å²) in [6.07, 6.45) is 4.71. The van der Waals surface area contributed by atoms with Gasteiger partial charge in [0.05, 0.1) is 6.42 Å². The van der Waals surface area contributed by atoms with Crippen LogP contribution in [-0.4, -0.2) is 18.5 Å². The molecule has 0 bridgehead atoms. The van der Waals surface area contributed by atoms with Crippen molar-refractivity contribution in [2.45, 2.75) is 32.1 Å². The summed E-state index contributed by atoms with van der Waals surface area (Å²) in [5.41, 5.74) is 4.04. The maximum Gasteiger partial charge on any atom is 0.310 e. The molecule has 3 rings (SSSR count). The number of rotatable bonds is 5. The number of carbonyl (C=O) groups excluding carboxylic acids is 2. The highest BCUT2D eigenvalue weighted by molar-refractivity contribution is 5.92. The Morgan fingerprint density at radius 2 is 1.72 bits per heavy atom. The maximum absolute atomic E-state index is 12.8. The fourth-order valence-electron chi connectivity index (χ4n) is 2.99. The fourth-order valence-corrected chi connectivity index (χ4v) is 2.99. The lowest BCUT2D eigenvalue weighted by molar-refractivity contribution is -0.146. The summed E-state index contributed by atoms with van der Waals surface area (Å²) in [5.74, 6) is -1.27. The second-order valence-electron chi connectivity index (χ2n) is 6.20. The molecule has 0 heterocycles. The van der Waals surface area contributed by atoms with Crippen LogP contribution >= 0.6 is 0 Å². The van der Waals surface area contributed by atoms with Gasteiger partial charge in [-0.25, -0.2) is 4.39 Å². The number of ether oxygens (including phenoxy) is 1. The molecule has 0 atom stereocenters. The lowest BCUT2D eigenvalue weighted by Crippen LogP contribution is -2.21. The van der Waals surface area contributed by atoms with E-state index in [1.807, 2.05) is 6.07 Å². The minimum atomic E-state index is -0.453. The molecule has 0 saturated heterocycles. The van der Waals surface area contributed by atoms with E-state index in [1.54, 1.807) is 0 Å². The van der Waals surface area contributed by atoms with Gasteiger partial charge < -0.3 is 10.1 Å². The van der Waals surface area contributed by atoms with Crippen molar-refractivity contribution >= 4 is 17.6 Å². The van der Waals surface area contributed by atoms with Crippen LogP contribution in [0.3, 0.4) is 0 Å². The van der Waals surface area contributed by atoms with Crippen molar-refractivity contribution in [1.29, 1.82) is 0 Å². The molecule has 130 valence electrons. The first-order valence-electron chi connectivity index (χ1n) is 8.42. The first-order chi connectivity index (χ1) is 12.1. The van der Waals surface area contributed by atoms with Gasteiger partial charge in [-0.1, -0.05) is 18.2 Å². The van der Waals surface area contributed by atoms with Crippen LogP contribution in [0.15, 0.2) is 42.5 Å². The number of aryl methyl sites for hydroxylation is 2. The Hall–Kier alpha value is -2.69. The van der Waals surface area contributed by atoms with Gasteiger partial charge in [-0.3, -0.25) is 9.59 Å². The van der Waals surface area contributed by atoms with E-state index in [2.05, 4.69) is 17.4 Å². The van der Waals surface area contributed by atoms with E-state index < -0.39 is 11.9 Å². The third kappa shape index (κ3) is 4.89. The normalized spacial score (nSPS) is 13.0. The van der Waals surface area contributed by atoms with Gasteiger partial charge >= 0.3 is 5.97 Å². The summed E-state index contributed by atoms with van der Waals surface area (Å²) in [6.45, 7) is -0.360. The van der Waals surface area contributed by atoms with Crippen LogP contribution in [0.5, 0.6) is 0 Å². The fraction of sp³-hybridized carbons (Fsp3) is 0.300. The van der Waals surface area contributed by atoms with Crippen molar-refractivity contribution in [3.63, 3.8) is 0 Å². The van der Waals surface area contributed by atoms with Crippen LogP contribution in [0.4, 0.5) is 10.1 Å². The highest BCUT2D eigenvalue weighted by Gasteiger charge is 2.13. The summed E-state index contributed by atoms with van der Waals surface area (Å²) < 4.78 is 17.8. The number of carbonyl (C=O) groups is 2. The quantitative estimate of drug-likeness (QED) is 0.848. The smallest absolute Gasteiger partial charge is 0.310 e. The lowest BCUT2D eigenvalue weighted by atomic mass is 9.90. The average molecular weight is 341 g/mol. The molecule has 4 nitrogen and oxygen atoms in total. The first kappa shape index (κ1) is 17.1. The highest BCUT2D eigenvalue weighted by Crippen LogP contribution is 2.22. The van der Waals surface area contributed by atoms with Crippen molar-refractivity contribution in [3.05, 3.63) is 65.0 Å². The van der Waals surface area contributed by atoms with Crippen LogP contribution in [-0.2, 0) is 33.6 Å². The minimum Gasteiger partial charge on any atom is -0.455 e. The van der Waals surface area contributed by atoms with Gasteiger partial charge in [0.2, 0.25) is 0 Å². The lowest BCUT2D eigenvalue weighted by Gasteiger charge is -2.16. The molecule has 0 saturated carbocycles. The zero-order chi connectivity index (χ0) is 17.6. The van der Waals surface area contributed by atoms with Crippen molar-refractivity contribution in [3.8, 4) is 0 Å². The highest BCUT2D eigenvalue weighted by atomic mass is 19.1. The standard InChI is InChI=1S/C20H20FNO3/c21-17-7-9-18(10-8-17)22-19(23)13-25-20(24)12-14-5-6-15-3-1-2-4-16(15)11-14/h5-11H,1-4,12-13H2,(H,22,23). The molecule has 1 aliphatic rings. The molecule has 2 aromatic rings. The first-order valence-corrected chi connectivity index (χ1v) is 8.42.